The van der Waals surface area contributed by atoms with Crippen LogP contribution in [0.2, 0.25) is 0 Å². The minimum atomic E-state index is -0.856. The quantitative estimate of drug-likeness (QED) is 0.651. The molecule has 0 aliphatic rings. The number of carbonyl (C=O) groups excluding carboxylic acids is 2. The molecule has 0 aliphatic carbocycles. The van der Waals surface area contributed by atoms with Crippen molar-refractivity contribution in [3.05, 3.63) is 46.0 Å². The Morgan fingerprint density at radius 2 is 2.08 bits per heavy atom. The van der Waals surface area contributed by atoms with Crippen molar-refractivity contribution in [3.63, 3.8) is 0 Å². The average molecular weight is 380 g/mol. The van der Waals surface area contributed by atoms with Crippen LogP contribution in [0, 0.1) is 18.6 Å². The number of nitrogens with zero attached hydrogens (tertiary/aromatic N) is 4. The van der Waals surface area contributed by atoms with Crippen LogP contribution in [0.1, 0.15) is 16.1 Å². The topological polar surface area (TPSA) is 78.5 Å². The smallest absolute Gasteiger partial charge is 0.325 e. The minimum absolute atomic E-state index is 0.0184. The zero-order valence-corrected chi connectivity index (χ0v) is 14.9. The summed E-state index contributed by atoms with van der Waals surface area (Å²) in [4.78, 5) is 28.3. The lowest BCUT2D eigenvalue weighted by atomic mass is 10.3. The molecular formula is C16H14F2N4O3S. The number of carbonyl (C=O) groups is 2. The lowest BCUT2D eigenvalue weighted by Gasteiger charge is -2.04. The normalized spacial score (nSPS) is 12.0. The summed E-state index contributed by atoms with van der Waals surface area (Å²) in [5.74, 6) is -2.87. The Morgan fingerprint density at radius 3 is 2.69 bits per heavy atom. The number of aryl methyl sites for hydroxylation is 2. The summed E-state index contributed by atoms with van der Waals surface area (Å²) in [6.07, 6.45) is 1.52. The van der Waals surface area contributed by atoms with E-state index < -0.39 is 23.5 Å². The van der Waals surface area contributed by atoms with E-state index in [2.05, 4.69) is 14.8 Å². The Balaban J connectivity index is 2.24. The van der Waals surface area contributed by atoms with Gasteiger partial charge in [0, 0.05) is 18.7 Å². The molecule has 0 N–H and O–H groups in total. The summed E-state index contributed by atoms with van der Waals surface area (Å²) in [6, 6.07) is 1.83. The van der Waals surface area contributed by atoms with Gasteiger partial charge in [0.1, 0.15) is 18.1 Å². The number of rotatable bonds is 3. The van der Waals surface area contributed by atoms with Crippen molar-refractivity contribution in [1.29, 1.82) is 0 Å². The van der Waals surface area contributed by atoms with Gasteiger partial charge in [-0.25, -0.2) is 8.78 Å². The van der Waals surface area contributed by atoms with Crippen molar-refractivity contribution in [2.75, 3.05) is 7.11 Å². The predicted octanol–water partition coefficient (Wildman–Crippen LogP) is 1.94. The van der Waals surface area contributed by atoms with Gasteiger partial charge in [-0.3, -0.25) is 14.3 Å². The second-order valence-electron chi connectivity index (χ2n) is 5.50. The van der Waals surface area contributed by atoms with E-state index in [1.165, 1.54) is 22.6 Å². The summed E-state index contributed by atoms with van der Waals surface area (Å²) in [6.45, 7) is 1.34. The standard InChI is InChI=1S/C16H14F2N4O3S/c1-8-6-19-21(2)13(8)15(24)20-16-22(7-12(23)25-3)14-10(18)4-9(17)5-11(14)26-16/h4-6H,7H2,1-3H3. The fourth-order valence-corrected chi connectivity index (χ4v) is 3.62. The van der Waals surface area contributed by atoms with Gasteiger partial charge in [0.05, 0.1) is 23.5 Å². The highest BCUT2D eigenvalue weighted by Crippen LogP contribution is 2.22. The maximum Gasteiger partial charge on any atom is 0.325 e. The lowest BCUT2D eigenvalue weighted by Crippen LogP contribution is -2.23. The molecule has 0 bridgehead atoms. The highest BCUT2D eigenvalue weighted by molar-refractivity contribution is 7.16. The number of amides is 1. The van der Waals surface area contributed by atoms with Crippen LogP contribution in [0.4, 0.5) is 8.78 Å². The van der Waals surface area contributed by atoms with E-state index in [0.717, 1.165) is 17.4 Å². The van der Waals surface area contributed by atoms with E-state index in [0.29, 0.717) is 11.6 Å². The van der Waals surface area contributed by atoms with Crippen molar-refractivity contribution < 1.29 is 23.1 Å². The van der Waals surface area contributed by atoms with Gasteiger partial charge in [0.15, 0.2) is 10.6 Å². The Bertz CT molecular complexity index is 1080. The van der Waals surface area contributed by atoms with Crippen molar-refractivity contribution >= 4 is 33.4 Å². The molecule has 26 heavy (non-hydrogen) atoms. The molecule has 10 heteroatoms. The summed E-state index contributed by atoms with van der Waals surface area (Å²) in [7, 11) is 2.78. The molecule has 2 heterocycles. The van der Waals surface area contributed by atoms with Gasteiger partial charge in [-0.05, 0) is 13.0 Å². The third-order valence-electron chi connectivity index (χ3n) is 3.73. The molecule has 0 atom stereocenters. The van der Waals surface area contributed by atoms with Crippen LogP contribution in [0.15, 0.2) is 23.3 Å². The van der Waals surface area contributed by atoms with Crippen molar-refractivity contribution in [3.8, 4) is 0 Å². The molecule has 0 spiro atoms. The van der Waals surface area contributed by atoms with E-state index >= 15 is 0 Å². The Kier molecular flexibility index (Phi) is 4.68. The van der Waals surface area contributed by atoms with Crippen LogP contribution < -0.4 is 4.80 Å². The van der Waals surface area contributed by atoms with Crippen LogP contribution >= 0.6 is 11.3 Å². The van der Waals surface area contributed by atoms with E-state index in [1.807, 2.05) is 0 Å². The summed E-state index contributed by atoms with van der Waals surface area (Å²) in [5.41, 5.74) is 0.868. The summed E-state index contributed by atoms with van der Waals surface area (Å²) >= 11 is 0.900. The molecule has 0 unspecified atom stereocenters. The molecule has 7 nitrogen and oxygen atoms in total. The van der Waals surface area contributed by atoms with Crippen molar-refractivity contribution in [1.82, 2.24) is 14.3 Å². The highest BCUT2D eigenvalue weighted by atomic mass is 32.1. The highest BCUT2D eigenvalue weighted by Gasteiger charge is 2.18. The minimum Gasteiger partial charge on any atom is -0.468 e. The molecule has 0 fully saturated rings. The number of hydrogen-bond acceptors (Lipinski definition) is 5. The zero-order chi connectivity index (χ0) is 19.0. The maximum atomic E-state index is 14.3. The average Bonchev–Trinajstić information content (AvgIpc) is 3.07. The first kappa shape index (κ1) is 17.9. The maximum absolute atomic E-state index is 14.3. The van der Waals surface area contributed by atoms with Gasteiger partial charge < -0.3 is 9.30 Å². The first-order chi connectivity index (χ1) is 12.3. The summed E-state index contributed by atoms with van der Waals surface area (Å²) in [5, 5.41) is 3.98. The molecule has 1 aromatic carbocycles. The zero-order valence-electron chi connectivity index (χ0n) is 14.1. The van der Waals surface area contributed by atoms with E-state index in [9.17, 15) is 18.4 Å². The molecule has 2 aromatic heterocycles. The number of ether oxygens (including phenoxy) is 1. The van der Waals surface area contributed by atoms with Crippen LogP contribution in [0.25, 0.3) is 10.2 Å². The third kappa shape index (κ3) is 3.15. The van der Waals surface area contributed by atoms with Crippen LogP contribution in [-0.2, 0) is 23.1 Å². The number of halogens is 2. The van der Waals surface area contributed by atoms with Gasteiger partial charge in [-0.2, -0.15) is 10.1 Å². The van der Waals surface area contributed by atoms with Crippen molar-refractivity contribution in [2.45, 2.75) is 13.5 Å². The number of hydrogen-bond donors (Lipinski definition) is 0. The second-order valence-corrected chi connectivity index (χ2v) is 6.51. The number of methoxy groups -OCH3 is 1. The molecule has 0 saturated carbocycles. The number of esters is 1. The Labute approximate surface area is 150 Å². The number of thiazole rings is 1. The largest absolute Gasteiger partial charge is 0.468 e. The molecule has 0 saturated heterocycles. The molecule has 136 valence electrons. The van der Waals surface area contributed by atoms with Gasteiger partial charge in [0.2, 0.25) is 0 Å². The third-order valence-corrected chi connectivity index (χ3v) is 4.76. The van der Waals surface area contributed by atoms with Crippen molar-refractivity contribution in [2.24, 2.45) is 12.0 Å². The predicted molar refractivity (Wildman–Crippen MR) is 89.6 cm³/mol. The fraction of sp³-hybridized carbons (Fsp3) is 0.250. The Hall–Kier alpha value is -2.88. The molecule has 1 amide bonds. The number of benzene rings is 1. The van der Waals surface area contributed by atoms with E-state index in [-0.39, 0.29) is 27.3 Å². The van der Waals surface area contributed by atoms with E-state index in [4.69, 9.17) is 0 Å². The number of aromatic nitrogens is 3. The molecule has 0 aliphatic heterocycles. The fourth-order valence-electron chi connectivity index (χ4n) is 2.55. The van der Waals surface area contributed by atoms with Crippen LogP contribution in [0.3, 0.4) is 0 Å². The molecule has 3 aromatic rings. The van der Waals surface area contributed by atoms with Gasteiger partial charge in [-0.1, -0.05) is 11.3 Å². The van der Waals surface area contributed by atoms with E-state index in [1.54, 1.807) is 14.0 Å². The Morgan fingerprint density at radius 1 is 1.35 bits per heavy atom. The second kappa shape index (κ2) is 6.79. The lowest BCUT2D eigenvalue weighted by molar-refractivity contribution is -0.141. The van der Waals surface area contributed by atoms with Gasteiger partial charge in [-0.15, -0.1) is 0 Å². The van der Waals surface area contributed by atoms with Crippen LogP contribution in [0.5, 0.6) is 0 Å². The first-order valence-corrected chi connectivity index (χ1v) is 8.26. The SMILES string of the molecule is COC(=O)Cn1c(=NC(=O)c2c(C)cnn2C)sc2cc(F)cc(F)c21. The monoisotopic (exact) mass is 380 g/mol. The first-order valence-electron chi connectivity index (χ1n) is 7.44. The molecular weight excluding hydrogens is 366 g/mol. The summed E-state index contributed by atoms with van der Waals surface area (Å²) < 4.78 is 35.2. The number of fused-ring (bicyclic) bond motifs is 1. The van der Waals surface area contributed by atoms with Gasteiger partial charge >= 0.3 is 5.97 Å². The molecule has 3 rings (SSSR count). The molecule has 0 radical (unpaired) electrons. The van der Waals surface area contributed by atoms with Gasteiger partial charge in [0.25, 0.3) is 5.91 Å². The van der Waals surface area contributed by atoms with Crippen LogP contribution in [-0.4, -0.2) is 33.3 Å².